The van der Waals surface area contributed by atoms with Gasteiger partial charge >= 0.3 is 0 Å². The molecule has 0 fully saturated rings. The molecule has 0 bridgehead atoms. The molecule has 1 atom stereocenters. The van der Waals surface area contributed by atoms with E-state index >= 15 is 8.78 Å². The van der Waals surface area contributed by atoms with Crippen LogP contribution in [0.25, 0.3) is 18.2 Å². The average molecular weight is 691 g/mol. The molecule has 2 heterocycles. The van der Waals surface area contributed by atoms with Gasteiger partial charge in [-0.1, -0.05) is 37.6 Å². The SMILES string of the molecule is CCCCN(CCCCO)c1ccc(/C=C/c2ccc(/C=C/C3=C(C#N)C(=C(C#N)C#N)OC3(C)c3c(F)c(F)c(F)c(F)c3F)s2)cc1. The monoisotopic (exact) mass is 690 g/mol. The first-order chi connectivity index (χ1) is 23.5. The average Bonchev–Trinajstić information content (AvgIpc) is 3.68. The third kappa shape index (κ3) is 7.76. The van der Waals surface area contributed by atoms with Gasteiger partial charge in [0.2, 0.25) is 5.82 Å². The molecule has 6 nitrogen and oxygen atoms in total. The second kappa shape index (κ2) is 16.3. The van der Waals surface area contributed by atoms with Gasteiger partial charge in [-0.15, -0.1) is 11.3 Å². The Bertz CT molecular complexity index is 1920. The van der Waals surface area contributed by atoms with Crippen LogP contribution in [0, 0.1) is 63.1 Å². The van der Waals surface area contributed by atoms with Gasteiger partial charge in [0, 0.05) is 40.7 Å². The summed E-state index contributed by atoms with van der Waals surface area (Å²) in [5, 5.41) is 37.9. The van der Waals surface area contributed by atoms with Crippen molar-refractivity contribution in [3.05, 3.63) is 115 Å². The molecule has 12 heteroatoms. The molecule has 1 unspecified atom stereocenters. The minimum Gasteiger partial charge on any atom is -0.474 e. The van der Waals surface area contributed by atoms with Crippen LogP contribution in [0.2, 0.25) is 0 Å². The maximum absolute atomic E-state index is 15.1. The van der Waals surface area contributed by atoms with Crippen molar-refractivity contribution in [1.82, 2.24) is 0 Å². The van der Waals surface area contributed by atoms with Gasteiger partial charge in [0.15, 0.2) is 40.2 Å². The summed E-state index contributed by atoms with van der Waals surface area (Å²) in [4.78, 5) is 3.74. The summed E-state index contributed by atoms with van der Waals surface area (Å²) < 4.78 is 78.2. The highest BCUT2D eigenvalue weighted by molar-refractivity contribution is 7.13. The number of aliphatic hydroxyl groups excluding tert-OH is 1. The highest BCUT2D eigenvalue weighted by atomic mass is 32.1. The van der Waals surface area contributed by atoms with Crippen LogP contribution >= 0.6 is 11.3 Å². The van der Waals surface area contributed by atoms with E-state index in [2.05, 4.69) is 24.0 Å². The second-order valence-corrected chi connectivity index (χ2v) is 12.3. The van der Waals surface area contributed by atoms with Crippen molar-refractivity contribution < 1.29 is 31.8 Å². The minimum absolute atomic E-state index is 0.167. The number of nitriles is 3. The number of rotatable bonds is 13. The number of unbranched alkanes of at least 4 members (excludes halogenated alkanes) is 2. The van der Waals surface area contributed by atoms with Gasteiger partial charge in [0.25, 0.3) is 0 Å². The van der Waals surface area contributed by atoms with Crippen LogP contribution in [-0.4, -0.2) is 24.8 Å². The first-order valence-electron chi connectivity index (χ1n) is 15.4. The molecule has 49 heavy (non-hydrogen) atoms. The fraction of sp³-hybridized carbons (Fsp3) is 0.270. The fourth-order valence-electron chi connectivity index (χ4n) is 5.36. The highest BCUT2D eigenvalue weighted by Crippen LogP contribution is 2.49. The van der Waals surface area contributed by atoms with Gasteiger partial charge < -0.3 is 14.7 Å². The molecule has 0 saturated heterocycles. The van der Waals surface area contributed by atoms with E-state index in [0.717, 1.165) is 61.8 Å². The quantitative estimate of drug-likeness (QED) is 0.0631. The predicted octanol–water partition coefficient (Wildman–Crippen LogP) is 9.07. The van der Waals surface area contributed by atoms with Crippen LogP contribution in [0.4, 0.5) is 27.6 Å². The van der Waals surface area contributed by atoms with E-state index in [0.29, 0.717) is 4.88 Å². The number of ether oxygens (including phenoxy) is 1. The third-order valence-corrected chi connectivity index (χ3v) is 8.96. The summed E-state index contributed by atoms with van der Waals surface area (Å²) in [6.45, 7) is 5.09. The molecule has 2 aromatic carbocycles. The fourth-order valence-corrected chi connectivity index (χ4v) is 6.17. The van der Waals surface area contributed by atoms with Crippen molar-refractivity contribution in [2.75, 3.05) is 24.6 Å². The lowest BCUT2D eigenvalue weighted by molar-refractivity contribution is 0.0660. The zero-order valence-corrected chi connectivity index (χ0v) is 27.5. The molecular weight excluding hydrogens is 659 g/mol. The maximum atomic E-state index is 15.1. The molecule has 4 rings (SSSR count). The van der Waals surface area contributed by atoms with Crippen molar-refractivity contribution in [2.24, 2.45) is 0 Å². The van der Waals surface area contributed by atoms with Gasteiger partial charge in [-0.3, -0.25) is 0 Å². The van der Waals surface area contributed by atoms with Crippen LogP contribution in [0.5, 0.6) is 0 Å². The summed E-state index contributed by atoms with van der Waals surface area (Å²) >= 11 is 1.31. The molecule has 1 aliphatic rings. The van der Waals surface area contributed by atoms with Crippen molar-refractivity contribution in [3.63, 3.8) is 0 Å². The number of thiophene rings is 1. The van der Waals surface area contributed by atoms with E-state index < -0.39 is 57.2 Å². The molecule has 252 valence electrons. The normalized spacial score (nSPS) is 15.8. The summed E-state index contributed by atoms with van der Waals surface area (Å²) in [5.41, 5.74) is -3.30. The first-order valence-corrected chi connectivity index (χ1v) is 16.2. The Hall–Kier alpha value is -5.22. The minimum atomic E-state index is -2.48. The van der Waals surface area contributed by atoms with Gasteiger partial charge in [-0.25, -0.2) is 22.0 Å². The molecule has 1 aliphatic heterocycles. The number of halogens is 5. The highest BCUT2D eigenvalue weighted by Gasteiger charge is 2.49. The smallest absolute Gasteiger partial charge is 0.200 e. The predicted molar refractivity (Wildman–Crippen MR) is 178 cm³/mol. The number of allylic oxidation sites excluding steroid dienone is 2. The van der Waals surface area contributed by atoms with E-state index in [1.165, 1.54) is 35.6 Å². The van der Waals surface area contributed by atoms with E-state index in [-0.39, 0.29) is 12.2 Å². The summed E-state index contributed by atoms with van der Waals surface area (Å²) in [6.07, 6.45) is 10.3. The Labute approximate surface area is 285 Å². The molecule has 3 aromatic rings. The Morgan fingerprint density at radius 1 is 0.816 bits per heavy atom. The molecule has 1 N–H and O–H groups in total. The second-order valence-electron chi connectivity index (χ2n) is 11.2. The number of aliphatic hydroxyl groups is 1. The lowest BCUT2D eigenvalue weighted by Crippen LogP contribution is -2.28. The van der Waals surface area contributed by atoms with Crippen molar-refractivity contribution >= 4 is 35.3 Å². The van der Waals surface area contributed by atoms with E-state index in [4.69, 9.17) is 9.84 Å². The van der Waals surface area contributed by atoms with Gasteiger partial charge in [-0.05, 0) is 68.2 Å². The summed E-state index contributed by atoms with van der Waals surface area (Å²) in [6, 6.07) is 16.5. The summed E-state index contributed by atoms with van der Waals surface area (Å²) in [7, 11) is 0. The lowest BCUT2D eigenvalue weighted by Gasteiger charge is -2.28. The van der Waals surface area contributed by atoms with Crippen LogP contribution in [0.15, 0.2) is 65.0 Å². The molecule has 1 aromatic heterocycles. The molecule has 0 radical (unpaired) electrons. The molecule has 0 amide bonds. The molecule has 0 spiro atoms. The lowest BCUT2D eigenvalue weighted by atomic mass is 9.85. The number of hydrogen-bond acceptors (Lipinski definition) is 7. The molecule has 0 saturated carbocycles. The molecular formula is C37H31F5N4O2S. The molecule has 0 aliphatic carbocycles. The Balaban J connectivity index is 1.65. The van der Waals surface area contributed by atoms with Crippen LogP contribution < -0.4 is 4.90 Å². The number of anilines is 1. The third-order valence-electron chi connectivity index (χ3n) is 7.94. The van der Waals surface area contributed by atoms with Crippen molar-refractivity contribution in [1.29, 1.82) is 15.8 Å². The Kier molecular flexibility index (Phi) is 12.1. The number of nitrogens with zero attached hydrogens (tertiary/aromatic N) is 4. The Morgan fingerprint density at radius 3 is 1.94 bits per heavy atom. The largest absolute Gasteiger partial charge is 0.474 e. The number of hydrogen-bond donors (Lipinski definition) is 1. The first kappa shape index (κ1) is 36.6. The zero-order valence-electron chi connectivity index (χ0n) is 26.7. The Morgan fingerprint density at radius 2 is 1.39 bits per heavy atom. The van der Waals surface area contributed by atoms with Crippen molar-refractivity contribution in [2.45, 2.75) is 45.1 Å². The van der Waals surface area contributed by atoms with Crippen LogP contribution in [0.3, 0.4) is 0 Å². The van der Waals surface area contributed by atoms with Crippen LogP contribution in [0.1, 0.15) is 60.4 Å². The summed E-state index contributed by atoms with van der Waals surface area (Å²) in [5.74, 6) is -11.8. The van der Waals surface area contributed by atoms with E-state index in [9.17, 15) is 29.0 Å². The topological polar surface area (TPSA) is 104 Å². The van der Waals surface area contributed by atoms with Crippen molar-refractivity contribution in [3.8, 4) is 18.2 Å². The number of benzene rings is 2. The van der Waals surface area contributed by atoms with Gasteiger partial charge in [0.1, 0.15) is 23.8 Å². The maximum Gasteiger partial charge on any atom is 0.200 e. The van der Waals surface area contributed by atoms with Crippen LogP contribution in [-0.2, 0) is 10.3 Å². The van der Waals surface area contributed by atoms with Gasteiger partial charge in [0.05, 0.1) is 5.56 Å². The standard InChI is InChI=1S/C37H31F5N4O2S/c1-3-4-17-46(18-5-6-19-47)25-10-7-23(8-11-25)9-12-26-13-14-27(49-26)15-16-29-28(22-45)36(24(20-43)21-44)48-37(29,2)30-31(38)33(40)35(42)34(41)32(30)39/h7-16,47H,3-6,17-19H2,1-2H3/b12-9+,16-15+. The zero-order chi connectivity index (χ0) is 35.7. The van der Waals surface area contributed by atoms with E-state index in [1.54, 1.807) is 12.1 Å². The van der Waals surface area contributed by atoms with E-state index in [1.807, 2.05) is 30.4 Å². The van der Waals surface area contributed by atoms with Gasteiger partial charge in [-0.2, -0.15) is 15.8 Å².